The first-order valence-electron chi connectivity index (χ1n) is 10.2. The molecule has 1 fully saturated rings. The lowest BCUT2D eigenvalue weighted by molar-refractivity contribution is -0.135. The van der Waals surface area contributed by atoms with E-state index >= 15 is 0 Å². The van der Waals surface area contributed by atoms with Gasteiger partial charge in [0.1, 0.15) is 27.8 Å². The molecule has 0 bridgehead atoms. The van der Waals surface area contributed by atoms with Crippen LogP contribution in [0.25, 0.3) is 10.6 Å². The molecule has 1 aromatic heterocycles. The number of aromatic nitrogens is 1. The van der Waals surface area contributed by atoms with Gasteiger partial charge in [-0.3, -0.25) is 30.1 Å². The standard InChI is InChI=1S/C23H20FN5O4S/c1-13-18(34-20(25-13)14-6-4-3-5-7-14)19(31)28-27-17(30)12-29-21(32)23(2,26-22(29)33)15-8-10-16(24)11-9-15/h3-11H,12H2,1-2H3,(H,26,33)(H,27,30)(H,28,31). The second-order valence-electron chi connectivity index (χ2n) is 7.76. The number of carbonyl (C=O) groups is 4. The molecule has 0 radical (unpaired) electrons. The Morgan fingerprint density at radius 3 is 2.44 bits per heavy atom. The third kappa shape index (κ3) is 4.37. The number of imide groups is 1. The molecule has 1 aliphatic heterocycles. The topological polar surface area (TPSA) is 120 Å². The molecule has 9 nitrogen and oxygen atoms in total. The molecule has 174 valence electrons. The fourth-order valence-electron chi connectivity index (χ4n) is 3.50. The van der Waals surface area contributed by atoms with Crippen LogP contribution in [0.4, 0.5) is 9.18 Å². The predicted octanol–water partition coefficient (Wildman–Crippen LogP) is 2.49. The van der Waals surface area contributed by atoms with Crippen LogP contribution in [-0.4, -0.2) is 40.2 Å². The van der Waals surface area contributed by atoms with Gasteiger partial charge in [0.05, 0.1) is 5.69 Å². The lowest BCUT2D eigenvalue weighted by Gasteiger charge is -2.22. The van der Waals surface area contributed by atoms with E-state index in [4.69, 9.17) is 0 Å². The van der Waals surface area contributed by atoms with E-state index in [9.17, 15) is 23.6 Å². The summed E-state index contributed by atoms with van der Waals surface area (Å²) in [6.07, 6.45) is 0. The molecule has 2 aromatic carbocycles. The molecule has 0 saturated carbocycles. The molecule has 1 saturated heterocycles. The number of aryl methyl sites for hydroxylation is 1. The number of urea groups is 1. The van der Waals surface area contributed by atoms with Crippen LogP contribution in [-0.2, 0) is 15.1 Å². The maximum atomic E-state index is 13.2. The Hall–Kier alpha value is -4.12. The lowest BCUT2D eigenvalue weighted by Crippen LogP contribution is -2.48. The monoisotopic (exact) mass is 481 g/mol. The summed E-state index contributed by atoms with van der Waals surface area (Å²) >= 11 is 1.17. The van der Waals surface area contributed by atoms with Gasteiger partial charge >= 0.3 is 6.03 Å². The lowest BCUT2D eigenvalue weighted by atomic mass is 9.92. The highest BCUT2D eigenvalue weighted by Gasteiger charge is 2.49. The van der Waals surface area contributed by atoms with E-state index in [1.165, 1.54) is 42.5 Å². The number of thiazole rings is 1. The van der Waals surface area contributed by atoms with Gasteiger partial charge < -0.3 is 5.32 Å². The molecule has 1 atom stereocenters. The number of halogens is 1. The first kappa shape index (κ1) is 23.1. The highest BCUT2D eigenvalue weighted by Crippen LogP contribution is 2.29. The smallest absolute Gasteiger partial charge is 0.319 e. The molecule has 2 heterocycles. The van der Waals surface area contributed by atoms with Crippen LogP contribution in [0.15, 0.2) is 54.6 Å². The van der Waals surface area contributed by atoms with Gasteiger partial charge in [-0.2, -0.15) is 0 Å². The Kier molecular flexibility index (Phi) is 6.12. The minimum Gasteiger partial charge on any atom is -0.319 e. The second kappa shape index (κ2) is 9.02. The summed E-state index contributed by atoms with van der Waals surface area (Å²) in [7, 11) is 0. The highest BCUT2D eigenvalue weighted by molar-refractivity contribution is 7.17. The average molecular weight is 482 g/mol. The van der Waals surface area contributed by atoms with Gasteiger partial charge in [0, 0.05) is 5.56 Å². The number of rotatable bonds is 5. The van der Waals surface area contributed by atoms with Crippen LogP contribution in [0.2, 0.25) is 0 Å². The summed E-state index contributed by atoms with van der Waals surface area (Å²) in [5.74, 6) is -2.50. The van der Waals surface area contributed by atoms with E-state index in [1.54, 1.807) is 6.92 Å². The van der Waals surface area contributed by atoms with Crippen molar-refractivity contribution in [2.75, 3.05) is 6.54 Å². The molecule has 3 N–H and O–H groups in total. The molecule has 0 aliphatic carbocycles. The van der Waals surface area contributed by atoms with E-state index in [1.807, 2.05) is 30.3 Å². The van der Waals surface area contributed by atoms with Crippen molar-refractivity contribution in [2.45, 2.75) is 19.4 Å². The van der Waals surface area contributed by atoms with E-state index in [0.29, 0.717) is 21.1 Å². The van der Waals surface area contributed by atoms with Gasteiger partial charge in [0.15, 0.2) is 0 Å². The van der Waals surface area contributed by atoms with Crippen molar-refractivity contribution in [1.82, 2.24) is 26.1 Å². The zero-order valence-electron chi connectivity index (χ0n) is 18.2. The van der Waals surface area contributed by atoms with Crippen molar-refractivity contribution in [3.05, 3.63) is 76.5 Å². The molecule has 1 aliphatic rings. The van der Waals surface area contributed by atoms with Crippen LogP contribution in [0.3, 0.4) is 0 Å². The molecule has 1 unspecified atom stereocenters. The number of nitrogens with zero attached hydrogens (tertiary/aromatic N) is 2. The van der Waals surface area contributed by atoms with Gasteiger partial charge in [0.25, 0.3) is 17.7 Å². The number of carbonyl (C=O) groups excluding carboxylic acids is 4. The zero-order valence-corrected chi connectivity index (χ0v) is 19.0. The Balaban J connectivity index is 1.38. The Morgan fingerprint density at radius 1 is 1.09 bits per heavy atom. The number of nitrogens with one attached hydrogen (secondary N) is 3. The number of hydrazine groups is 1. The summed E-state index contributed by atoms with van der Waals surface area (Å²) in [5, 5.41) is 3.19. The van der Waals surface area contributed by atoms with Gasteiger partial charge in [-0.15, -0.1) is 11.3 Å². The molecule has 4 rings (SSSR count). The average Bonchev–Trinajstić information content (AvgIpc) is 3.32. The summed E-state index contributed by atoms with van der Waals surface area (Å²) < 4.78 is 13.2. The number of amides is 5. The van der Waals surface area contributed by atoms with Gasteiger partial charge in [-0.1, -0.05) is 42.5 Å². The third-order valence-corrected chi connectivity index (χ3v) is 6.54. The Labute approximate surface area is 198 Å². The van der Waals surface area contributed by atoms with Crippen LogP contribution >= 0.6 is 11.3 Å². The zero-order chi connectivity index (χ0) is 24.5. The highest BCUT2D eigenvalue weighted by atomic mass is 32.1. The van der Waals surface area contributed by atoms with E-state index < -0.39 is 41.7 Å². The largest absolute Gasteiger partial charge is 0.325 e. The summed E-state index contributed by atoms with van der Waals surface area (Å²) in [4.78, 5) is 55.6. The molecule has 0 spiro atoms. The normalized spacial score (nSPS) is 17.4. The molecular weight excluding hydrogens is 461 g/mol. The predicted molar refractivity (Wildman–Crippen MR) is 122 cm³/mol. The SMILES string of the molecule is Cc1nc(-c2ccccc2)sc1C(=O)NNC(=O)CN1C(=O)NC(C)(c2ccc(F)cc2)C1=O. The van der Waals surface area contributed by atoms with E-state index in [-0.39, 0.29) is 0 Å². The first-order valence-corrected chi connectivity index (χ1v) is 11.0. The summed E-state index contributed by atoms with van der Waals surface area (Å²) in [6.45, 7) is 2.54. The number of benzene rings is 2. The molecular formula is C23H20FN5O4S. The maximum absolute atomic E-state index is 13.2. The molecule has 11 heteroatoms. The maximum Gasteiger partial charge on any atom is 0.325 e. The van der Waals surface area contributed by atoms with Crippen molar-refractivity contribution >= 4 is 35.1 Å². The molecule has 3 aromatic rings. The van der Waals surface area contributed by atoms with Crippen molar-refractivity contribution in [1.29, 1.82) is 0 Å². The van der Waals surface area contributed by atoms with Crippen LogP contribution in [0.1, 0.15) is 27.9 Å². The van der Waals surface area contributed by atoms with E-state index in [2.05, 4.69) is 21.2 Å². The molecule has 5 amide bonds. The van der Waals surface area contributed by atoms with Crippen molar-refractivity contribution in [3.8, 4) is 10.6 Å². The van der Waals surface area contributed by atoms with E-state index in [0.717, 1.165) is 10.5 Å². The van der Waals surface area contributed by atoms with Gasteiger partial charge in [-0.25, -0.2) is 14.2 Å². The third-order valence-electron chi connectivity index (χ3n) is 5.34. The summed E-state index contributed by atoms with van der Waals surface area (Å²) in [5.41, 5.74) is 4.80. The van der Waals surface area contributed by atoms with Gasteiger partial charge in [-0.05, 0) is 31.5 Å². The fraction of sp³-hybridized carbons (Fsp3) is 0.174. The van der Waals surface area contributed by atoms with Crippen molar-refractivity contribution in [3.63, 3.8) is 0 Å². The van der Waals surface area contributed by atoms with Crippen molar-refractivity contribution < 1.29 is 23.6 Å². The first-order chi connectivity index (χ1) is 16.2. The van der Waals surface area contributed by atoms with Crippen LogP contribution < -0.4 is 16.2 Å². The second-order valence-corrected chi connectivity index (χ2v) is 8.75. The quantitative estimate of drug-likeness (QED) is 0.382. The minimum atomic E-state index is -1.44. The van der Waals surface area contributed by atoms with Crippen LogP contribution in [0.5, 0.6) is 0 Å². The van der Waals surface area contributed by atoms with Gasteiger partial charge in [0.2, 0.25) is 0 Å². The fourth-order valence-corrected chi connectivity index (χ4v) is 4.46. The number of hydrogen-bond donors (Lipinski definition) is 3. The Morgan fingerprint density at radius 2 is 1.76 bits per heavy atom. The van der Waals surface area contributed by atoms with Crippen molar-refractivity contribution in [2.24, 2.45) is 0 Å². The Bertz CT molecular complexity index is 1280. The van der Waals surface area contributed by atoms with Crippen LogP contribution in [0, 0.1) is 12.7 Å². The molecule has 34 heavy (non-hydrogen) atoms. The minimum absolute atomic E-state index is 0.318. The number of hydrogen-bond acceptors (Lipinski definition) is 6. The summed E-state index contributed by atoms with van der Waals surface area (Å²) in [6, 6.07) is 13.7.